The molecule has 1 aliphatic carbocycles. The van der Waals surface area contributed by atoms with E-state index in [0.29, 0.717) is 26.1 Å². The molecule has 1 aromatic heterocycles. The number of nitrogens with zero attached hydrogens (tertiary/aromatic N) is 2. The molecule has 2 saturated heterocycles. The largest absolute Gasteiger partial charge is 0.448 e. The van der Waals surface area contributed by atoms with E-state index in [2.05, 4.69) is 29.2 Å². The Hall–Kier alpha value is -3.58. The summed E-state index contributed by atoms with van der Waals surface area (Å²) in [6, 6.07) is 17.3. The van der Waals surface area contributed by atoms with Gasteiger partial charge in [-0.3, -0.25) is 14.7 Å². The first-order valence-electron chi connectivity index (χ1n) is 12.0. The molecule has 0 N–H and O–H groups in total. The third-order valence-electron chi connectivity index (χ3n) is 7.48. The fourth-order valence-electron chi connectivity index (χ4n) is 5.89. The topological polar surface area (TPSA) is 68.7 Å². The molecule has 0 spiro atoms. The number of ketones is 1. The van der Waals surface area contributed by atoms with E-state index in [1.165, 1.54) is 23.4 Å². The molecule has 6 rings (SSSR count). The van der Waals surface area contributed by atoms with Gasteiger partial charge in [-0.1, -0.05) is 48.5 Å². The number of carbonyl (C=O) groups excluding carboxylic acids is 2. The van der Waals surface area contributed by atoms with Gasteiger partial charge in [0, 0.05) is 18.0 Å². The number of benzene rings is 2. The van der Waals surface area contributed by atoms with E-state index < -0.39 is 5.82 Å². The Morgan fingerprint density at radius 3 is 2.23 bits per heavy atom. The lowest BCUT2D eigenvalue weighted by molar-refractivity contribution is -0.0748. The number of hydrogen-bond acceptors (Lipinski definition) is 5. The summed E-state index contributed by atoms with van der Waals surface area (Å²) in [7, 11) is 0. The number of hydrogen-bond donors (Lipinski definition) is 0. The summed E-state index contributed by atoms with van der Waals surface area (Å²) < 4.78 is 25.8. The van der Waals surface area contributed by atoms with E-state index in [9.17, 15) is 14.0 Å². The molecule has 2 fully saturated rings. The monoisotopic (exact) mass is 472 g/mol. The van der Waals surface area contributed by atoms with E-state index in [1.807, 2.05) is 24.3 Å². The summed E-state index contributed by atoms with van der Waals surface area (Å²) >= 11 is 0. The third kappa shape index (κ3) is 3.80. The number of Topliss-reactive ketones (excluding diaryl/α,β-unsaturated/α-hetero) is 1. The van der Waals surface area contributed by atoms with Crippen LogP contribution in [0.1, 0.15) is 40.2 Å². The van der Waals surface area contributed by atoms with Crippen LogP contribution < -0.4 is 0 Å². The number of morpholine rings is 1. The van der Waals surface area contributed by atoms with Crippen molar-refractivity contribution in [1.29, 1.82) is 0 Å². The maximum Gasteiger partial charge on any atom is 0.410 e. The predicted molar refractivity (Wildman–Crippen MR) is 127 cm³/mol. The number of piperidine rings is 1. The van der Waals surface area contributed by atoms with Gasteiger partial charge in [0.15, 0.2) is 11.6 Å². The SMILES string of the molecule is O=C(c1ccncc1F)C1CC2COCC(C1)N2C(=O)OCC1c2ccccc2-c2ccccc21. The normalized spacial score (nSPS) is 22.9. The Balaban J connectivity index is 1.17. The number of aromatic nitrogens is 1. The molecule has 178 valence electrons. The average Bonchev–Trinajstić information content (AvgIpc) is 3.20. The standard InChI is InChI=1S/C28H25FN2O4/c29-26-13-30-10-9-24(26)27(32)17-11-18-14-34-15-19(12-17)31(18)28(33)35-16-25-22-7-3-1-5-20(22)21-6-2-4-8-23(21)25/h1-10,13,17-19,25H,11-12,14-16H2. The van der Waals surface area contributed by atoms with E-state index in [-0.39, 0.29) is 48.0 Å². The van der Waals surface area contributed by atoms with Crippen LogP contribution in [0.2, 0.25) is 0 Å². The van der Waals surface area contributed by atoms with Crippen molar-refractivity contribution in [1.82, 2.24) is 9.88 Å². The quantitative estimate of drug-likeness (QED) is 0.509. The van der Waals surface area contributed by atoms with Gasteiger partial charge in [0.25, 0.3) is 0 Å². The molecule has 35 heavy (non-hydrogen) atoms. The summed E-state index contributed by atoms with van der Waals surface area (Å²) in [5.41, 5.74) is 4.73. The van der Waals surface area contributed by atoms with Gasteiger partial charge in [-0.25, -0.2) is 9.18 Å². The number of amides is 1. The molecule has 3 aliphatic rings. The first-order chi connectivity index (χ1) is 17.1. The van der Waals surface area contributed by atoms with Crippen molar-refractivity contribution in [2.24, 2.45) is 5.92 Å². The highest BCUT2D eigenvalue weighted by molar-refractivity contribution is 5.98. The Kier molecular flexibility index (Phi) is 5.57. The van der Waals surface area contributed by atoms with Crippen LogP contribution in [-0.2, 0) is 9.47 Å². The molecule has 2 unspecified atom stereocenters. The van der Waals surface area contributed by atoms with Crippen molar-refractivity contribution in [3.8, 4) is 11.1 Å². The van der Waals surface area contributed by atoms with Gasteiger partial charge in [0.05, 0.1) is 37.1 Å². The zero-order valence-corrected chi connectivity index (χ0v) is 19.1. The minimum absolute atomic E-state index is 0.0174. The highest BCUT2D eigenvalue weighted by Gasteiger charge is 2.45. The van der Waals surface area contributed by atoms with Crippen LogP contribution >= 0.6 is 0 Å². The van der Waals surface area contributed by atoms with Crippen LogP contribution in [0, 0.1) is 11.7 Å². The maximum atomic E-state index is 14.2. The van der Waals surface area contributed by atoms with Gasteiger partial charge in [0.1, 0.15) is 6.61 Å². The van der Waals surface area contributed by atoms with Crippen LogP contribution in [0.25, 0.3) is 11.1 Å². The summed E-state index contributed by atoms with van der Waals surface area (Å²) in [6.07, 6.45) is 2.93. The van der Waals surface area contributed by atoms with E-state index >= 15 is 0 Å². The second kappa shape index (κ2) is 8.89. The lowest BCUT2D eigenvalue weighted by Crippen LogP contribution is -2.60. The van der Waals surface area contributed by atoms with Gasteiger partial charge in [-0.05, 0) is 41.2 Å². The third-order valence-corrected chi connectivity index (χ3v) is 7.48. The van der Waals surface area contributed by atoms with E-state index in [0.717, 1.165) is 17.3 Å². The van der Waals surface area contributed by atoms with Crippen molar-refractivity contribution in [2.45, 2.75) is 30.8 Å². The lowest BCUT2D eigenvalue weighted by atomic mass is 9.81. The summed E-state index contributed by atoms with van der Waals surface area (Å²) in [4.78, 5) is 31.8. The lowest BCUT2D eigenvalue weighted by Gasteiger charge is -2.47. The molecule has 0 radical (unpaired) electrons. The number of fused-ring (bicyclic) bond motifs is 5. The van der Waals surface area contributed by atoms with Crippen molar-refractivity contribution in [3.63, 3.8) is 0 Å². The molecular formula is C28H25FN2O4. The number of rotatable bonds is 4. The smallest absolute Gasteiger partial charge is 0.410 e. The number of halogens is 1. The minimum atomic E-state index is -0.613. The van der Waals surface area contributed by atoms with Gasteiger partial charge >= 0.3 is 6.09 Å². The Labute approximate surface area is 202 Å². The summed E-state index contributed by atoms with van der Waals surface area (Å²) in [5.74, 6) is -1.24. The molecule has 6 nitrogen and oxygen atoms in total. The number of ether oxygens (including phenoxy) is 2. The average molecular weight is 473 g/mol. The highest BCUT2D eigenvalue weighted by atomic mass is 19.1. The fraction of sp³-hybridized carbons (Fsp3) is 0.321. The molecule has 7 heteroatoms. The Bertz CT molecular complexity index is 1240. The van der Waals surface area contributed by atoms with Gasteiger partial charge in [-0.2, -0.15) is 0 Å². The van der Waals surface area contributed by atoms with Crippen molar-refractivity contribution < 1.29 is 23.5 Å². The van der Waals surface area contributed by atoms with E-state index in [4.69, 9.17) is 9.47 Å². The van der Waals surface area contributed by atoms with Gasteiger partial charge in [-0.15, -0.1) is 0 Å². The highest BCUT2D eigenvalue weighted by Crippen LogP contribution is 2.44. The van der Waals surface area contributed by atoms with Crippen molar-refractivity contribution in [3.05, 3.63) is 89.5 Å². The van der Waals surface area contributed by atoms with Crippen LogP contribution in [0.3, 0.4) is 0 Å². The molecule has 3 heterocycles. The molecule has 2 aliphatic heterocycles. The first-order valence-corrected chi connectivity index (χ1v) is 12.0. The molecular weight excluding hydrogens is 447 g/mol. The fourth-order valence-corrected chi connectivity index (χ4v) is 5.89. The predicted octanol–water partition coefficient (Wildman–Crippen LogP) is 4.83. The zero-order chi connectivity index (χ0) is 23.9. The molecule has 1 amide bonds. The zero-order valence-electron chi connectivity index (χ0n) is 19.1. The van der Waals surface area contributed by atoms with E-state index in [1.54, 1.807) is 4.90 Å². The van der Waals surface area contributed by atoms with Crippen LogP contribution in [-0.4, -0.2) is 53.7 Å². The molecule has 2 aromatic carbocycles. The summed E-state index contributed by atoms with van der Waals surface area (Å²) in [5, 5.41) is 0. The van der Waals surface area contributed by atoms with Crippen LogP contribution in [0.15, 0.2) is 67.0 Å². The van der Waals surface area contributed by atoms with Gasteiger partial charge in [0.2, 0.25) is 0 Å². The summed E-state index contributed by atoms with van der Waals surface area (Å²) in [6.45, 7) is 0.918. The minimum Gasteiger partial charge on any atom is -0.448 e. The van der Waals surface area contributed by atoms with Crippen molar-refractivity contribution >= 4 is 11.9 Å². The van der Waals surface area contributed by atoms with Crippen molar-refractivity contribution in [2.75, 3.05) is 19.8 Å². The molecule has 2 atom stereocenters. The second-order valence-corrected chi connectivity index (χ2v) is 9.44. The Morgan fingerprint density at radius 2 is 1.60 bits per heavy atom. The van der Waals surface area contributed by atoms with Gasteiger partial charge < -0.3 is 9.47 Å². The molecule has 3 aromatic rings. The maximum absolute atomic E-state index is 14.2. The van der Waals surface area contributed by atoms with Crippen LogP contribution in [0.4, 0.5) is 9.18 Å². The second-order valence-electron chi connectivity index (χ2n) is 9.44. The Morgan fingerprint density at radius 1 is 0.971 bits per heavy atom. The first kappa shape index (κ1) is 21.9. The molecule has 2 bridgehead atoms. The van der Waals surface area contributed by atoms with Crippen LogP contribution in [0.5, 0.6) is 0 Å². The number of carbonyl (C=O) groups is 2. The number of pyridine rings is 1. The molecule has 0 saturated carbocycles.